The third kappa shape index (κ3) is 3.93. The summed E-state index contributed by atoms with van der Waals surface area (Å²) in [5.74, 6) is 2.51. The third-order valence-electron chi connectivity index (χ3n) is 8.92. The molecule has 6 heteroatoms. The van der Waals surface area contributed by atoms with Crippen LogP contribution in [0, 0.1) is 17.8 Å². The summed E-state index contributed by atoms with van der Waals surface area (Å²) in [5.41, 5.74) is 2.89. The number of rotatable bonds is 6. The highest BCUT2D eigenvalue weighted by Crippen LogP contribution is 2.55. The molecule has 4 bridgehead atoms. The van der Waals surface area contributed by atoms with Gasteiger partial charge in [0.05, 0.1) is 6.04 Å². The molecule has 33 heavy (non-hydrogen) atoms. The van der Waals surface area contributed by atoms with Crippen molar-refractivity contribution >= 4 is 17.4 Å². The minimum Gasteiger partial charge on any atom is -0.333 e. The molecule has 5 nitrogen and oxygen atoms in total. The number of fused-ring (bicyclic) bond motifs is 1. The molecule has 0 radical (unpaired) electrons. The second-order valence-corrected chi connectivity index (χ2v) is 12.3. The Morgan fingerprint density at radius 2 is 1.79 bits per heavy atom. The summed E-state index contributed by atoms with van der Waals surface area (Å²) >= 11 is 1.91. The van der Waals surface area contributed by atoms with E-state index < -0.39 is 0 Å². The molecule has 0 spiro atoms. The Balaban J connectivity index is 1.26. The molecule has 7 rings (SSSR count). The van der Waals surface area contributed by atoms with Crippen LogP contribution in [0.3, 0.4) is 0 Å². The fraction of sp³-hybridized carbons (Fsp3) is 0.667. The van der Waals surface area contributed by atoms with E-state index >= 15 is 0 Å². The molecule has 1 atom stereocenters. The molecule has 4 fully saturated rings. The summed E-state index contributed by atoms with van der Waals surface area (Å²) < 4.78 is 2.25. The molecule has 178 valence electrons. The molecule has 1 aliphatic heterocycles. The first-order valence-corrected chi connectivity index (χ1v) is 14.0. The van der Waals surface area contributed by atoms with Crippen LogP contribution >= 0.6 is 11.3 Å². The molecular formula is C27H38N4OS. The van der Waals surface area contributed by atoms with Crippen LogP contribution in [0.2, 0.25) is 0 Å². The number of nitrogens with one attached hydrogen (secondary N) is 2. The molecule has 0 unspecified atom stereocenters. The Hall–Kier alpha value is -1.79. The molecule has 2 aromatic rings. The lowest BCUT2D eigenvalue weighted by Gasteiger charge is -2.56. The van der Waals surface area contributed by atoms with Gasteiger partial charge >= 0.3 is 6.03 Å². The van der Waals surface area contributed by atoms with E-state index in [2.05, 4.69) is 58.5 Å². The molecule has 3 heterocycles. The zero-order chi connectivity index (χ0) is 22.6. The highest BCUT2D eigenvalue weighted by atomic mass is 32.1. The topological polar surface area (TPSA) is 49.3 Å². The zero-order valence-corrected chi connectivity index (χ0v) is 20.9. The number of hydrogen-bond acceptors (Lipinski definition) is 3. The first-order valence-electron chi connectivity index (χ1n) is 13.1. The van der Waals surface area contributed by atoms with Crippen molar-refractivity contribution in [2.24, 2.45) is 17.8 Å². The predicted octanol–water partition coefficient (Wildman–Crippen LogP) is 5.64. The van der Waals surface area contributed by atoms with Crippen molar-refractivity contribution in [3.05, 3.63) is 40.5 Å². The lowest BCUT2D eigenvalue weighted by molar-refractivity contribution is -0.0136. The van der Waals surface area contributed by atoms with Crippen LogP contribution in [0.25, 0.3) is 5.00 Å². The molecular weight excluding hydrogens is 428 g/mol. The van der Waals surface area contributed by atoms with E-state index in [0.29, 0.717) is 0 Å². The molecule has 0 saturated heterocycles. The van der Waals surface area contributed by atoms with Gasteiger partial charge in [0.25, 0.3) is 0 Å². The molecule has 5 aliphatic rings. The first-order chi connectivity index (χ1) is 16.1. The number of likely N-dealkylation sites (N-methyl/N-ethyl adjacent to an activating group) is 1. The Bertz CT molecular complexity index is 974. The number of urea groups is 1. The van der Waals surface area contributed by atoms with E-state index in [1.165, 1.54) is 59.5 Å². The average Bonchev–Trinajstić information content (AvgIpc) is 3.43. The molecule has 2 N–H and O–H groups in total. The molecule has 4 aliphatic carbocycles. The molecule has 0 aromatic carbocycles. The monoisotopic (exact) mass is 466 g/mol. The summed E-state index contributed by atoms with van der Waals surface area (Å²) in [6, 6.07) is 4.28. The van der Waals surface area contributed by atoms with E-state index in [0.717, 1.165) is 50.2 Å². The number of nitrogens with zero attached hydrogens (tertiary/aromatic N) is 2. The Kier molecular flexibility index (Phi) is 5.57. The summed E-state index contributed by atoms with van der Waals surface area (Å²) in [6.45, 7) is 7.68. The van der Waals surface area contributed by atoms with Crippen LogP contribution in [0.4, 0.5) is 4.79 Å². The zero-order valence-electron chi connectivity index (χ0n) is 20.1. The largest absolute Gasteiger partial charge is 0.333 e. The lowest BCUT2D eigenvalue weighted by Crippen LogP contribution is -2.61. The highest BCUT2D eigenvalue weighted by molar-refractivity contribution is 7.15. The SMILES string of the molecule is CC[C@H](NC(=O)NC12CC3CC(CC(C3)C1)C2)c1c(-n2cccc2)sc2c1CCN(CC)C2. The van der Waals surface area contributed by atoms with Crippen molar-refractivity contribution in [1.82, 2.24) is 20.1 Å². The third-order valence-corrected chi connectivity index (χ3v) is 10.2. The van der Waals surface area contributed by atoms with E-state index in [9.17, 15) is 4.79 Å². The maximum absolute atomic E-state index is 13.4. The van der Waals surface area contributed by atoms with Crippen LogP contribution in [0.5, 0.6) is 0 Å². The fourth-order valence-corrected chi connectivity index (χ4v) is 9.25. The second-order valence-electron chi connectivity index (χ2n) is 11.2. The molecule has 2 aromatic heterocycles. The summed E-state index contributed by atoms with van der Waals surface area (Å²) in [4.78, 5) is 17.4. The van der Waals surface area contributed by atoms with Gasteiger partial charge in [0.2, 0.25) is 0 Å². The maximum atomic E-state index is 13.4. The molecule has 4 saturated carbocycles. The van der Waals surface area contributed by atoms with Gasteiger partial charge in [-0.2, -0.15) is 0 Å². The van der Waals surface area contributed by atoms with Gasteiger partial charge in [0, 0.05) is 41.5 Å². The van der Waals surface area contributed by atoms with E-state index in [1.54, 1.807) is 0 Å². The minimum absolute atomic E-state index is 0.0458. The van der Waals surface area contributed by atoms with Crippen LogP contribution < -0.4 is 10.6 Å². The number of hydrogen-bond donors (Lipinski definition) is 2. The van der Waals surface area contributed by atoms with Gasteiger partial charge < -0.3 is 15.2 Å². The van der Waals surface area contributed by atoms with Crippen molar-refractivity contribution in [2.45, 2.75) is 83.3 Å². The van der Waals surface area contributed by atoms with Gasteiger partial charge in [-0.25, -0.2) is 4.79 Å². The van der Waals surface area contributed by atoms with Crippen LogP contribution in [0.1, 0.15) is 80.8 Å². The number of carbonyl (C=O) groups excluding carboxylic acids is 1. The second kappa shape index (κ2) is 8.46. The van der Waals surface area contributed by atoms with Crippen LogP contribution in [0.15, 0.2) is 24.5 Å². The van der Waals surface area contributed by atoms with Crippen molar-refractivity contribution in [1.29, 1.82) is 0 Å². The first kappa shape index (κ1) is 21.7. The highest BCUT2D eigenvalue weighted by Gasteiger charge is 2.51. The lowest BCUT2D eigenvalue weighted by atomic mass is 9.53. The van der Waals surface area contributed by atoms with Crippen LogP contribution in [-0.4, -0.2) is 34.1 Å². The Morgan fingerprint density at radius 3 is 2.39 bits per heavy atom. The van der Waals surface area contributed by atoms with Crippen molar-refractivity contribution < 1.29 is 4.79 Å². The quantitative estimate of drug-likeness (QED) is 0.579. The van der Waals surface area contributed by atoms with Crippen LogP contribution in [-0.2, 0) is 13.0 Å². The smallest absolute Gasteiger partial charge is 0.315 e. The van der Waals surface area contributed by atoms with E-state index in [-0.39, 0.29) is 17.6 Å². The minimum atomic E-state index is 0.0458. The van der Waals surface area contributed by atoms with Gasteiger partial charge in [0.15, 0.2) is 0 Å². The normalized spacial score (nSPS) is 31.4. The van der Waals surface area contributed by atoms with Gasteiger partial charge in [-0.05, 0) is 93.4 Å². The number of carbonyl (C=O) groups is 1. The summed E-state index contributed by atoms with van der Waals surface area (Å²) in [7, 11) is 0. The maximum Gasteiger partial charge on any atom is 0.315 e. The average molecular weight is 467 g/mol. The number of thiophene rings is 1. The fourth-order valence-electron chi connectivity index (χ4n) is 7.83. The van der Waals surface area contributed by atoms with E-state index in [1.807, 2.05) is 11.3 Å². The van der Waals surface area contributed by atoms with Crippen molar-refractivity contribution in [2.75, 3.05) is 13.1 Å². The standard InChI is InChI=1S/C27H38N4OS/c1-3-22(28-26(32)29-27-14-18-11-19(15-27)13-20(12-18)16-27)24-21-7-10-30(4-2)17-23(21)33-25(24)31-8-5-6-9-31/h5-6,8-9,18-20,22H,3-4,7,10-17H2,1-2H3,(H2,28,29,32)/t18?,19?,20?,22-,27?/m0/s1. The summed E-state index contributed by atoms with van der Waals surface area (Å²) in [6.07, 6.45) is 14.0. The van der Waals surface area contributed by atoms with Crippen molar-refractivity contribution in [3.8, 4) is 5.00 Å². The van der Waals surface area contributed by atoms with Gasteiger partial charge in [0.1, 0.15) is 5.00 Å². The predicted molar refractivity (Wildman–Crippen MR) is 134 cm³/mol. The Labute approximate surface area is 201 Å². The van der Waals surface area contributed by atoms with Gasteiger partial charge in [-0.15, -0.1) is 11.3 Å². The summed E-state index contributed by atoms with van der Waals surface area (Å²) in [5, 5.41) is 8.27. The Morgan fingerprint density at radius 1 is 1.12 bits per heavy atom. The van der Waals surface area contributed by atoms with Gasteiger partial charge in [-0.1, -0.05) is 13.8 Å². The van der Waals surface area contributed by atoms with Gasteiger partial charge in [-0.3, -0.25) is 4.90 Å². The number of aromatic nitrogens is 1. The number of amides is 2. The van der Waals surface area contributed by atoms with Crippen molar-refractivity contribution in [3.63, 3.8) is 0 Å². The van der Waals surface area contributed by atoms with E-state index in [4.69, 9.17) is 0 Å². The molecule has 2 amide bonds.